The second kappa shape index (κ2) is 6.11. The first-order valence-corrected chi connectivity index (χ1v) is 9.63. The molecule has 1 aromatic rings. The highest BCUT2D eigenvalue weighted by Gasteiger charge is 2.26. The van der Waals surface area contributed by atoms with E-state index in [2.05, 4.69) is 60.8 Å². The van der Waals surface area contributed by atoms with E-state index in [1.165, 1.54) is 0 Å². The molecule has 1 rings (SSSR count). The minimum atomic E-state index is -1.02. The van der Waals surface area contributed by atoms with Gasteiger partial charge in [-0.1, -0.05) is 26.8 Å². The summed E-state index contributed by atoms with van der Waals surface area (Å²) in [6.45, 7) is 11.1. The van der Waals surface area contributed by atoms with Crippen molar-refractivity contribution in [2.45, 2.75) is 46.4 Å². The average Bonchev–Trinajstić information content (AvgIpc) is 2.14. The van der Waals surface area contributed by atoms with Crippen LogP contribution in [0, 0.1) is 5.41 Å². The van der Waals surface area contributed by atoms with E-state index in [4.69, 9.17) is 4.43 Å². The van der Waals surface area contributed by atoms with Crippen LogP contribution < -0.4 is 0 Å². The summed E-state index contributed by atoms with van der Waals surface area (Å²) in [5.74, 6) is 0. The minimum absolute atomic E-state index is 0.154. The molecule has 2 nitrogen and oxygen atoms in total. The van der Waals surface area contributed by atoms with Gasteiger partial charge in [0.05, 0.1) is 6.10 Å². The van der Waals surface area contributed by atoms with E-state index in [0.29, 0.717) is 0 Å². The van der Waals surface area contributed by atoms with E-state index in [1.54, 1.807) is 0 Å². The number of halogens is 1. The number of hydrogen-bond acceptors (Lipinski definition) is 2. The Hall–Kier alpha value is -0.193. The van der Waals surface area contributed by atoms with E-state index < -0.39 is 9.04 Å². The maximum atomic E-state index is 6.14. The predicted octanol–water partition coefficient (Wildman–Crippen LogP) is 3.80. The van der Waals surface area contributed by atoms with E-state index in [-0.39, 0.29) is 11.5 Å². The molecule has 17 heavy (non-hydrogen) atoms. The van der Waals surface area contributed by atoms with Gasteiger partial charge in [0.1, 0.15) is 4.60 Å². The fourth-order valence-corrected chi connectivity index (χ4v) is 3.18. The summed E-state index contributed by atoms with van der Waals surface area (Å²) in [6.07, 6.45) is 1.13. The SMILES string of the molecule is C[SiH](C)OC(Cc1cccc(Br)n1)C(C)(C)C. The molecule has 1 heterocycles. The number of nitrogens with zero attached hydrogens (tertiary/aromatic N) is 1. The van der Waals surface area contributed by atoms with Gasteiger partial charge >= 0.3 is 0 Å². The topological polar surface area (TPSA) is 22.1 Å². The first-order chi connectivity index (χ1) is 7.79. The highest BCUT2D eigenvalue weighted by molar-refractivity contribution is 9.10. The Morgan fingerprint density at radius 1 is 1.35 bits per heavy atom. The summed E-state index contributed by atoms with van der Waals surface area (Å²) in [4.78, 5) is 4.49. The van der Waals surface area contributed by atoms with E-state index in [1.807, 2.05) is 12.1 Å². The van der Waals surface area contributed by atoms with E-state index in [0.717, 1.165) is 16.7 Å². The number of hydrogen-bond donors (Lipinski definition) is 0. The van der Waals surface area contributed by atoms with Crippen LogP contribution >= 0.6 is 15.9 Å². The molecular formula is C13H22BrNOSi. The highest BCUT2D eigenvalue weighted by Crippen LogP contribution is 2.26. The number of aromatic nitrogens is 1. The smallest absolute Gasteiger partial charge is 0.171 e. The fourth-order valence-electron chi connectivity index (χ4n) is 1.64. The summed E-state index contributed by atoms with van der Waals surface area (Å²) in [5, 5.41) is 0. The number of rotatable bonds is 4. The van der Waals surface area contributed by atoms with Gasteiger partial charge in [-0.15, -0.1) is 0 Å². The fraction of sp³-hybridized carbons (Fsp3) is 0.615. The maximum absolute atomic E-state index is 6.14. The van der Waals surface area contributed by atoms with Gasteiger partial charge in [0.15, 0.2) is 9.04 Å². The lowest BCUT2D eigenvalue weighted by Crippen LogP contribution is -2.35. The van der Waals surface area contributed by atoms with Crippen molar-refractivity contribution in [2.24, 2.45) is 5.41 Å². The zero-order valence-electron chi connectivity index (χ0n) is 11.3. The van der Waals surface area contributed by atoms with Crippen LogP contribution in [0.3, 0.4) is 0 Å². The van der Waals surface area contributed by atoms with Crippen molar-refractivity contribution >= 4 is 25.0 Å². The third-order valence-corrected chi connectivity index (χ3v) is 3.88. The summed E-state index contributed by atoms with van der Waals surface area (Å²) >= 11 is 3.41. The van der Waals surface area contributed by atoms with Crippen molar-refractivity contribution in [2.75, 3.05) is 0 Å². The Labute approximate surface area is 115 Å². The lowest BCUT2D eigenvalue weighted by molar-refractivity contribution is 0.0858. The lowest BCUT2D eigenvalue weighted by Gasteiger charge is -2.32. The normalized spacial score (nSPS) is 14.1. The van der Waals surface area contributed by atoms with E-state index >= 15 is 0 Å². The highest BCUT2D eigenvalue weighted by atomic mass is 79.9. The molecule has 0 aliphatic carbocycles. The molecule has 1 atom stereocenters. The van der Waals surface area contributed by atoms with Gasteiger partial charge in [0, 0.05) is 12.1 Å². The van der Waals surface area contributed by atoms with Crippen LogP contribution in [0.5, 0.6) is 0 Å². The Bertz CT molecular complexity index is 363. The minimum Gasteiger partial charge on any atom is -0.417 e. The second-order valence-corrected chi connectivity index (χ2v) is 8.88. The zero-order chi connectivity index (χ0) is 13.1. The second-order valence-electron chi connectivity index (χ2n) is 5.70. The Morgan fingerprint density at radius 2 is 2.00 bits per heavy atom. The molecule has 0 saturated carbocycles. The average molecular weight is 316 g/mol. The van der Waals surface area contributed by atoms with Crippen LogP contribution in [-0.2, 0) is 10.8 Å². The molecule has 1 aromatic heterocycles. The largest absolute Gasteiger partial charge is 0.417 e. The predicted molar refractivity (Wildman–Crippen MR) is 78.8 cm³/mol. The van der Waals surface area contributed by atoms with Gasteiger partial charge in [-0.25, -0.2) is 4.98 Å². The summed E-state index contributed by atoms with van der Waals surface area (Å²) in [6, 6.07) is 6.04. The van der Waals surface area contributed by atoms with Crippen LogP contribution in [0.4, 0.5) is 0 Å². The van der Waals surface area contributed by atoms with Crippen molar-refractivity contribution in [3.05, 3.63) is 28.5 Å². The Morgan fingerprint density at radius 3 is 2.47 bits per heavy atom. The van der Waals surface area contributed by atoms with Crippen molar-refractivity contribution in [1.82, 2.24) is 4.98 Å². The molecule has 0 aliphatic heterocycles. The molecule has 0 N–H and O–H groups in total. The molecule has 0 spiro atoms. The lowest BCUT2D eigenvalue weighted by atomic mass is 9.86. The van der Waals surface area contributed by atoms with Crippen molar-refractivity contribution in [3.8, 4) is 0 Å². The Balaban J connectivity index is 2.79. The molecule has 1 unspecified atom stereocenters. The number of pyridine rings is 1. The molecule has 0 saturated heterocycles. The van der Waals surface area contributed by atoms with Crippen LogP contribution in [0.15, 0.2) is 22.8 Å². The van der Waals surface area contributed by atoms with Gasteiger partial charge in [-0.05, 0) is 46.6 Å². The quantitative estimate of drug-likeness (QED) is 0.622. The van der Waals surface area contributed by atoms with Gasteiger partial charge in [-0.2, -0.15) is 0 Å². The molecule has 0 radical (unpaired) electrons. The molecule has 0 fully saturated rings. The molecule has 0 aromatic carbocycles. The first-order valence-electron chi connectivity index (χ1n) is 6.06. The molecular weight excluding hydrogens is 294 g/mol. The first kappa shape index (κ1) is 14.9. The van der Waals surface area contributed by atoms with Crippen molar-refractivity contribution in [3.63, 3.8) is 0 Å². The van der Waals surface area contributed by atoms with Gasteiger partial charge in [-0.3, -0.25) is 0 Å². The summed E-state index contributed by atoms with van der Waals surface area (Å²) < 4.78 is 7.04. The molecule has 96 valence electrons. The van der Waals surface area contributed by atoms with Gasteiger partial charge < -0.3 is 4.43 Å². The van der Waals surface area contributed by atoms with E-state index in [9.17, 15) is 0 Å². The van der Waals surface area contributed by atoms with Gasteiger partial charge in [0.2, 0.25) is 0 Å². The van der Waals surface area contributed by atoms with Crippen molar-refractivity contribution < 1.29 is 4.43 Å². The van der Waals surface area contributed by atoms with Crippen molar-refractivity contribution in [1.29, 1.82) is 0 Å². The van der Waals surface area contributed by atoms with Crippen LogP contribution in [-0.4, -0.2) is 20.1 Å². The monoisotopic (exact) mass is 315 g/mol. The van der Waals surface area contributed by atoms with Gasteiger partial charge in [0.25, 0.3) is 0 Å². The molecule has 4 heteroatoms. The van der Waals surface area contributed by atoms with Crippen LogP contribution in [0.2, 0.25) is 13.1 Å². The Kier molecular flexibility index (Phi) is 5.35. The summed E-state index contributed by atoms with van der Waals surface area (Å²) in [7, 11) is -1.02. The standard InChI is InChI=1S/C13H22BrNOSi/c1-13(2,3)11(16-17(4)5)9-10-7-6-8-12(14)15-10/h6-8,11,17H,9H2,1-5H3. The van der Waals surface area contributed by atoms with Crippen LogP contribution in [0.25, 0.3) is 0 Å². The zero-order valence-corrected chi connectivity index (χ0v) is 14.1. The third kappa shape index (κ3) is 5.32. The molecule has 0 aliphatic rings. The summed E-state index contributed by atoms with van der Waals surface area (Å²) in [5.41, 5.74) is 1.25. The molecule has 0 amide bonds. The molecule has 0 bridgehead atoms. The maximum Gasteiger partial charge on any atom is 0.171 e. The van der Waals surface area contributed by atoms with Crippen LogP contribution in [0.1, 0.15) is 26.5 Å². The third-order valence-electron chi connectivity index (χ3n) is 2.57.